The second-order valence-corrected chi connectivity index (χ2v) is 4.97. The van der Waals surface area contributed by atoms with E-state index < -0.39 is 0 Å². The molecule has 3 heterocycles. The average molecular weight is 252 g/mol. The number of H-pyrrole nitrogens is 1. The summed E-state index contributed by atoms with van der Waals surface area (Å²) in [6.45, 7) is 0. The fourth-order valence-electron chi connectivity index (χ4n) is 1.99. The molecule has 0 aliphatic heterocycles. The largest absolute Gasteiger partial charge is 0.285 e. The van der Waals surface area contributed by atoms with Crippen LogP contribution < -0.4 is 0 Å². The van der Waals surface area contributed by atoms with E-state index in [1.54, 1.807) is 11.3 Å². The second kappa shape index (κ2) is 3.61. The van der Waals surface area contributed by atoms with Gasteiger partial charge in [0.1, 0.15) is 0 Å². The number of benzene rings is 1. The van der Waals surface area contributed by atoms with E-state index in [4.69, 9.17) is 0 Å². The Morgan fingerprint density at radius 1 is 1.11 bits per heavy atom. The maximum atomic E-state index is 4.64. The van der Waals surface area contributed by atoms with E-state index in [0.29, 0.717) is 0 Å². The van der Waals surface area contributed by atoms with Gasteiger partial charge in [-0.05, 0) is 23.6 Å². The summed E-state index contributed by atoms with van der Waals surface area (Å²) in [7, 11) is 0. The number of fused-ring (bicyclic) bond motifs is 2. The fraction of sp³-hybridized carbons (Fsp3) is 0. The van der Waals surface area contributed by atoms with Crippen molar-refractivity contribution in [2.45, 2.75) is 0 Å². The van der Waals surface area contributed by atoms with Crippen LogP contribution in [0.4, 0.5) is 0 Å². The summed E-state index contributed by atoms with van der Waals surface area (Å²) in [6.07, 6.45) is 3.68. The summed E-state index contributed by atoms with van der Waals surface area (Å²) in [5.74, 6) is 0. The summed E-state index contributed by atoms with van der Waals surface area (Å²) < 4.78 is 0. The number of hydrogen-bond donors (Lipinski definition) is 1. The third kappa shape index (κ3) is 1.41. The van der Waals surface area contributed by atoms with Crippen molar-refractivity contribution in [1.29, 1.82) is 0 Å². The molecule has 0 unspecified atom stereocenters. The number of aromatic nitrogens is 4. The van der Waals surface area contributed by atoms with Gasteiger partial charge >= 0.3 is 0 Å². The fourth-order valence-corrected chi connectivity index (χ4v) is 2.67. The van der Waals surface area contributed by atoms with Crippen LogP contribution in [0, 0.1) is 0 Å². The van der Waals surface area contributed by atoms with Gasteiger partial charge in [-0.15, -0.1) is 11.3 Å². The molecule has 0 atom stereocenters. The maximum Gasteiger partial charge on any atom is 0.0992 e. The Kier molecular flexibility index (Phi) is 1.95. The summed E-state index contributed by atoms with van der Waals surface area (Å²) in [6, 6.07) is 8.03. The smallest absolute Gasteiger partial charge is 0.0992 e. The van der Waals surface area contributed by atoms with Crippen LogP contribution in [0.25, 0.3) is 32.5 Å². The number of nitrogens with zero attached hydrogens (tertiary/aromatic N) is 3. The molecular weight excluding hydrogens is 244 g/mol. The predicted octanol–water partition coefficient (Wildman–Crippen LogP) is 3.23. The minimum Gasteiger partial charge on any atom is -0.285 e. The Balaban J connectivity index is 2.01. The van der Waals surface area contributed by atoms with Crippen molar-refractivity contribution in [2.75, 3.05) is 0 Å². The second-order valence-electron chi connectivity index (χ2n) is 4.02. The topological polar surface area (TPSA) is 54.5 Å². The molecule has 0 bridgehead atoms. The first kappa shape index (κ1) is 9.73. The average Bonchev–Trinajstić information content (AvgIpc) is 3.06. The lowest BCUT2D eigenvalue weighted by Crippen LogP contribution is -1.87. The first-order valence-corrected chi connectivity index (χ1v) is 6.42. The quantitative estimate of drug-likeness (QED) is 0.566. The molecular formula is C13H8N4S. The predicted molar refractivity (Wildman–Crippen MR) is 72.5 cm³/mol. The zero-order chi connectivity index (χ0) is 11.9. The molecule has 0 amide bonds. The molecule has 1 N–H and O–H groups in total. The Morgan fingerprint density at radius 3 is 3.00 bits per heavy atom. The molecule has 0 saturated heterocycles. The van der Waals surface area contributed by atoms with Crippen LogP contribution in [0.1, 0.15) is 0 Å². The van der Waals surface area contributed by atoms with Crippen molar-refractivity contribution in [3.05, 3.63) is 42.0 Å². The van der Waals surface area contributed by atoms with Gasteiger partial charge in [-0.25, -0.2) is 4.98 Å². The normalized spacial score (nSPS) is 11.3. The van der Waals surface area contributed by atoms with Crippen molar-refractivity contribution in [1.82, 2.24) is 20.2 Å². The maximum absolute atomic E-state index is 4.64. The van der Waals surface area contributed by atoms with E-state index in [1.807, 2.05) is 42.0 Å². The van der Waals surface area contributed by atoms with Gasteiger partial charge in [0.2, 0.25) is 0 Å². The molecule has 0 aliphatic rings. The molecule has 5 heteroatoms. The zero-order valence-corrected chi connectivity index (χ0v) is 10.1. The van der Waals surface area contributed by atoms with Crippen molar-refractivity contribution >= 4 is 33.3 Å². The van der Waals surface area contributed by atoms with Gasteiger partial charge in [0.15, 0.2) is 0 Å². The van der Waals surface area contributed by atoms with E-state index in [9.17, 15) is 0 Å². The van der Waals surface area contributed by atoms with E-state index in [1.165, 1.54) is 0 Å². The highest BCUT2D eigenvalue weighted by atomic mass is 32.1. The minimum absolute atomic E-state index is 0.875. The molecule has 0 fully saturated rings. The third-order valence-corrected chi connectivity index (χ3v) is 3.76. The van der Waals surface area contributed by atoms with Crippen LogP contribution in [-0.4, -0.2) is 20.2 Å². The van der Waals surface area contributed by atoms with Gasteiger partial charge in [0, 0.05) is 11.6 Å². The van der Waals surface area contributed by atoms with Crippen LogP contribution in [0.5, 0.6) is 0 Å². The summed E-state index contributed by atoms with van der Waals surface area (Å²) in [4.78, 5) is 10.2. The van der Waals surface area contributed by atoms with Gasteiger partial charge in [0.05, 0.1) is 33.3 Å². The Labute approximate surface area is 106 Å². The summed E-state index contributed by atoms with van der Waals surface area (Å²) >= 11 is 1.67. The monoisotopic (exact) mass is 252 g/mol. The molecule has 3 aromatic heterocycles. The minimum atomic E-state index is 0.875. The first-order valence-electron chi connectivity index (χ1n) is 5.54. The van der Waals surface area contributed by atoms with Crippen molar-refractivity contribution < 1.29 is 0 Å². The molecule has 86 valence electrons. The van der Waals surface area contributed by atoms with Crippen molar-refractivity contribution in [3.63, 3.8) is 0 Å². The van der Waals surface area contributed by atoms with Gasteiger partial charge in [-0.2, -0.15) is 5.10 Å². The summed E-state index contributed by atoms with van der Waals surface area (Å²) in [5.41, 5.74) is 3.59. The molecule has 0 spiro atoms. The molecule has 4 nitrogen and oxygen atoms in total. The molecule has 0 saturated carbocycles. The van der Waals surface area contributed by atoms with E-state index in [0.717, 1.165) is 32.5 Å². The molecule has 4 rings (SSSR count). The molecule has 0 aliphatic carbocycles. The van der Waals surface area contributed by atoms with Crippen molar-refractivity contribution in [3.8, 4) is 10.6 Å². The number of thiophene rings is 1. The van der Waals surface area contributed by atoms with Crippen LogP contribution in [0.3, 0.4) is 0 Å². The van der Waals surface area contributed by atoms with Crippen LogP contribution >= 0.6 is 11.3 Å². The number of hydrogen-bond acceptors (Lipinski definition) is 4. The number of aromatic amines is 1. The number of nitrogens with one attached hydrogen (secondary N) is 1. The van der Waals surface area contributed by atoms with Crippen molar-refractivity contribution in [2.24, 2.45) is 0 Å². The zero-order valence-electron chi connectivity index (χ0n) is 9.29. The SMILES string of the molecule is c1csc(-c2cnc3cc4c[nH]nc4cc3n2)c1. The number of rotatable bonds is 1. The van der Waals surface area contributed by atoms with Gasteiger partial charge < -0.3 is 0 Å². The van der Waals surface area contributed by atoms with E-state index in [-0.39, 0.29) is 0 Å². The highest BCUT2D eigenvalue weighted by molar-refractivity contribution is 7.13. The molecule has 0 radical (unpaired) electrons. The first-order chi connectivity index (χ1) is 8.90. The van der Waals surface area contributed by atoms with Crippen LogP contribution in [-0.2, 0) is 0 Å². The Hall–Kier alpha value is -2.27. The van der Waals surface area contributed by atoms with E-state index in [2.05, 4.69) is 20.2 Å². The lowest BCUT2D eigenvalue weighted by atomic mass is 10.2. The van der Waals surface area contributed by atoms with Crippen LogP contribution in [0.2, 0.25) is 0 Å². The third-order valence-electron chi connectivity index (χ3n) is 2.87. The standard InChI is InChI=1S/C13H8N4S/c1-2-13(18-3-1)12-7-14-10-4-8-6-15-17-9(8)5-11(10)16-12/h1-7H,(H,15,17). The van der Waals surface area contributed by atoms with Gasteiger partial charge in [-0.1, -0.05) is 6.07 Å². The lowest BCUT2D eigenvalue weighted by molar-refractivity contribution is 1.12. The van der Waals surface area contributed by atoms with E-state index >= 15 is 0 Å². The highest BCUT2D eigenvalue weighted by Gasteiger charge is 2.05. The van der Waals surface area contributed by atoms with Crippen LogP contribution in [0.15, 0.2) is 42.0 Å². The van der Waals surface area contributed by atoms with Gasteiger partial charge in [0.25, 0.3) is 0 Å². The molecule has 4 aromatic rings. The van der Waals surface area contributed by atoms with Gasteiger partial charge in [-0.3, -0.25) is 10.1 Å². The molecule has 1 aromatic carbocycles. The lowest BCUT2D eigenvalue weighted by Gasteiger charge is -2.00. The Bertz CT molecular complexity index is 833. The Morgan fingerprint density at radius 2 is 2.11 bits per heavy atom. The highest BCUT2D eigenvalue weighted by Crippen LogP contribution is 2.25. The summed E-state index contributed by atoms with van der Waals surface area (Å²) in [5, 5.41) is 10.1. The molecule has 18 heavy (non-hydrogen) atoms.